The number of likely N-dealkylation sites (tertiary alicyclic amines) is 1. The number of nitrogens with zero attached hydrogens (tertiary/aromatic N) is 2. The zero-order chi connectivity index (χ0) is 21.4. The molecule has 0 aromatic heterocycles. The number of carboxylic acids is 1. The number of ether oxygens (including phenoxy) is 2. The predicted molar refractivity (Wildman–Crippen MR) is 95.0 cm³/mol. The molecule has 3 aliphatic rings. The maximum Gasteiger partial charge on any atom is 0.490 e. The highest BCUT2D eigenvalue weighted by atomic mass is 32.2. The van der Waals surface area contributed by atoms with Gasteiger partial charge in [0, 0.05) is 31.7 Å². The molecule has 8 nitrogen and oxygen atoms in total. The topological polar surface area (TPSA) is 96.4 Å². The lowest BCUT2D eigenvalue weighted by molar-refractivity contribution is -0.192. The van der Waals surface area contributed by atoms with Crippen LogP contribution in [0.1, 0.15) is 18.4 Å². The fourth-order valence-corrected chi connectivity index (χ4v) is 5.09. The number of alkyl halides is 3. The first kappa shape index (κ1) is 21.7. The molecule has 0 aliphatic carbocycles. The van der Waals surface area contributed by atoms with Crippen molar-refractivity contribution in [3.05, 3.63) is 23.8 Å². The summed E-state index contributed by atoms with van der Waals surface area (Å²) in [7, 11) is -3.09. The van der Waals surface area contributed by atoms with Crippen LogP contribution in [0.3, 0.4) is 0 Å². The molecular weight excluding hydrogens is 417 g/mol. The largest absolute Gasteiger partial charge is 0.490 e. The number of fused-ring (bicyclic) bond motifs is 2. The number of halogens is 3. The summed E-state index contributed by atoms with van der Waals surface area (Å²) in [5.41, 5.74) is 1.18. The molecule has 0 spiro atoms. The van der Waals surface area contributed by atoms with Crippen LogP contribution in [0.25, 0.3) is 0 Å². The van der Waals surface area contributed by atoms with Crippen LogP contribution >= 0.6 is 0 Å². The van der Waals surface area contributed by atoms with Crippen molar-refractivity contribution in [2.75, 3.05) is 26.1 Å². The van der Waals surface area contributed by atoms with Gasteiger partial charge >= 0.3 is 12.1 Å². The number of rotatable bonds is 3. The van der Waals surface area contributed by atoms with Crippen LogP contribution < -0.4 is 9.47 Å². The van der Waals surface area contributed by atoms with Crippen LogP contribution in [-0.4, -0.2) is 73.1 Å². The zero-order valence-electron chi connectivity index (χ0n) is 15.6. The Labute approximate surface area is 165 Å². The Bertz CT molecular complexity index is 876. The third-order valence-electron chi connectivity index (χ3n) is 5.13. The second-order valence-electron chi connectivity index (χ2n) is 7.05. The number of carbonyl (C=O) groups is 1. The maximum absolute atomic E-state index is 11.8. The highest BCUT2D eigenvalue weighted by Crippen LogP contribution is 2.36. The molecule has 3 heterocycles. The molecular formula is C17H21F3N2O6S. The smallest absolute Gasteiger partial charge is 0.475 e. The minimum absolute atomic E-state index is 0.143. The van der Waals surface area contributed by atoms with E-state index in [0.717, 1.165) is 37.4 Å². The molecule has 1 N–H and O–H groups in total. The van der Waals surface area contributed by atoms with E-state index in [2.05, 4.69) is 11.0 Å². The third kappa shape index (κ3) is 4.93. The Morgan fingerprint density at radius 2 is 1.79 bits per heavy atom. The van der Waals surface area contributed by atoms with Gasteiger partial charge in [0.05, 0.1) is 6.26 Å². The van der Waals surface area contributed by atoms with Crippen molar-refractivity contribution in [2.24, 2.45) is 0 Å². The lowest BCUT2D eigenvalue weighted by Crippen LogP contribution is -2.38. The summed E-state index contributed by atoms with van der Waals surface area (Å²) in [5.74, 6) is -1.16. The average molecular weight is 438 g/mol. The van der Waals surface area contributed by atoms with Crippen LogP contribution in [0.4, 0.5) is 13.2 Å². The van der Waals surface area contributed by atoms with Gasteiger partial charge in [-0.15, -0.1) is 0 Å². The molecule has 0 saturated carbocycles. The molecule has 2 atom stereocenters. The molecule has 1 aromatic carbocycles. The van der Waals surface area contributed by atoms with E-state index < -0.39 is 22.2 Å². The van der Waals surface area contributed by atoms with Crippen molar-refractivity contribution in [3.63, 3.8) is 0 Å². The van der Waals surface area contributed by atoms with Crippen molar-refractivity contribution in [3.8, 4) is 11.5 Å². The fourth-order valence-electron chi connectivity index (χ4n) is 3.92. The summed E-state index contributed by atoms with van der Waals surface area (Å²) in [5, 5.41) is 7.12. The zero-order valence-corrected chi connectivity index (χ0v) is 16.4. The Morgan fingerprint density at radius 1 is 1.17 bits per heavy atom. The van der Waals surface area contributed by atoms with E-state index in [0.29, 0.717) is 12.6 Å². The predicted octanol–water partition coefficient (Wildman–Crippen LogP) is 1.66. The second-order valence-corrected chi connectivity index (χ2v) is 8.98. The average Bonchev–Trinajstić information content (AvgIpc) is 3.30. The van der Waals surface area contributed by atoms with Crippen LogP contribution in [-0.2, 0) is 21.4 Å². The number of aliphatic carboxylic acids is 1. The first-order valence-electron chi connectivity index (χ1n) is 8.86. The van der Waals surface area contributed by atoms with E-state index >= 15 is 0 Å². The number of hydrogen-bond acceptors (Lipinski definition) is 6. The fraction of sp³-hybridized carbons (Fsp3) is 0.588. The summed E-state index contributed by atoms with van der Waals surface area (Å²) in [6.45, 7) is 2.70. The van der Waals surface area contributed by atoms with E-state index in [4.69, 9.17) is 19.4 Å². The molecule has 2 fully saturated rings. The summed E-state index contributed by atoms with van der Waals surface area (Å²) in [6.07, 6.45) is -1.93. The van der Waals surface area contributed by atoms with Gasteiger partial charge < -0.3 is 14.6 Å². The van der Waals surface area contributed by atoms with E-state index in [1.807, 2.05) is 12.1 Å². The SMILES string of the molecule is CS(=O)(=O)N1CC[C@@H]2[C@@H]1CCN2Cc1ccc2c(c1)OCO2.O=C(O)C(F)(F)F. The Morgan fingerprint density at radius 3 is 2.41 bits per heavy atom. The normalized spacial score (nSPS) is 24.1. The maximum atomic E-state index is 11.8. The lowest BCUT2D eigenvalue weighted by atomic mass is 10.1. The van der Waals surface area contributed by atoms with Gasteiger partial charge in [-0.3, -0.25) is 4.90 Å². The van der Waals surface area contributed by atoms with Crippen molar-refractivity contribution in [1.29, 1.82) is 0 Å². The summed E-state index contributed by atoms with van der Waals surface area (Å²) < 4.78 is 67.9. The number of carboxylic acid groups (broad SMARTS) is 1. The molecule has 3 aliphatic heterocycles. The van der Waals surface area contributed by atoms with E-state index in [9.17, 15) is 21.6 Å². The Hall–Kier alpha value is -2.05. The molecule has 2 saturated heterocycles. The van der Waals surface area contributed by atoms with Gasteiger partial charge in [-0.25, -0.2) is 13.2 Å². The first-order chi connectivity index (χ1) is 13.5. The van der Waals surface area contributed by atoms with E-state index in [1.54, 1.807) is 4.31 Å². The molecule has 0 radical (unpaired) electrons. The Kier molecular flexibility index (Phi) is 5.97. The minimum atomic E-state index is -5.08. The summed E-state index contributed by atoms with van der Waals surface area (Å²) in [4.78, 5) is 11.3. The van der Waals surface area contributed by atoms with Gasteiger partial charge in [0.2, 0.25) is 16.8 Å². The number of sulfonamides is 1. The monoisotopic (exact) mass is 438 g/mol. The van der Waals surface area contributed by atoms with Crippen LogP contribution in [0.5, 0.6) is 11.5 Å². The molecule has 1 aromatic rings. The van der Waals surface area contributed by atoms with Crippen molar-refractivity contribution in [2.45, 2.75) is 37.6 Å². The highest BCUT2D eigenvalue weighted by molar-refractivity contribution is 7.88. The van der Waals surface area contributed by atoms with Crippen LogP contribution in [0.15, 0.2) is 18.2 Å². The highest BCUT2D eigenvalue weighted by Gasteiger charge is 2.45. The van der Waals surface area contributed by atoms with Crippen molar-refractivity contribution in [1.82, 2.24) is 9.21 Å². The third-order valence-corrected chi connectivity index (χ3v) is 6.44. The van der Waals surface area contributed by atoms with Crippen molar-refractivity contribution < 1.29 is 41.0 Å². The molecule has 4 rings (SSSR count). The number of benzene rings is 1. The molecule has 0 bridgehead atoms. The Balaban J connectivity index is 0.000000298. The quantitative estimate of drug-likeness (QED) is 0.767. The van der Waals surface area contributed by atoms with Gasteiger partial charge in [0.25, 0.3) is 0 Å². The van der Waals surface area contributed by atoms with Gasteiger partial charge in [0.1, 0.15) is 0 Å². The van der Waals surface area contributed by atoms with Crippen molar-refractivity contribution >= 4 is 16.0 Å². The summed E-state index contributed by atoms with van der Waals surface area (Å²) >= 11 is 0. The van der Waals surface area contributed by atoms with Gasteiger partial charge in [-0.2, -0.15) is 17.5 Å². The number of hydrogen-bond donors (Lipinski definition) is 1. The molecule has 162 valence electrons. The summed E-state index contributed by atoms with van der Waals surface area (Å²) in [6, 6.07) is 6.51. The minimum Gasteiger partial charge on any atom is -0.475 e. The molecule has 0 unspecified atom stereocenters. The lowest BCUT2D eigenvalue weighted by Gasteiger charge is -2.24. The van der Waals surface area contributed by atoms with Crippen LogP contribution in [0.2, 0.25) is 0 Å². The molecule has 0 amide bonds. The van der Waals surface area contributed by atoms with Gasteiger partial charge in [-0.1, -0.05) is 6.07 Å². The van der Waals surface area contributed by atoms with Crippen LogP contribution in [0, 0.1) is 0 Å². The van der Waals surface area contributed by atoms with E-state index in [-0.39, 0.29) is 12.8 Å². The standard InChI is InChI=1S/C15H20N2O4S.C2HF3O2/c1-22(18,19)17-7-5-12-13(17)4-6-16(12)9-11-2-3-14-15(8-11)21-10-20-14;3-2(4,5)1(6)7/h2-3,8,12-13H,4-7,9-10H2,1H3;(H,6,7)/t12-,13+;/m1./s1. The van der Waals surface area contributed by atoms with E-state index in [1.165, 1.54) is 11.8 Å². The second kappa shape index (κ2) is 8.00. The van der Waals surface area contributed by atoms with Gasteiger partial charge in [0.15, 0.2) is 11.5 Å². The molecule has 29 heavy (non-hydrogen) atoms. The molecule has 12 heteroatoms. The van der Waals surface area contributed by atoms with Gasteiger partial charge in [-0.05, 0) is 30.5 Å². The first-order valence-corrected chi connectivity index (χ1v) is 10.7.